The van der Waals surface area contributed by atoms with Crippen molar-refractivity contribution in [3.63, 3.8) is 0 Å². The summed E-state index contributed by atoms with van der Waals surface area (Å²) in [5, 5.41) is 15.0. The highest BCUT2D eigenvalue weighted by Crippen LogP contribution is 2.54. The molecule has 0 radical (unpaired) electrons. The first-order chi connectivity index (χ1) is 12.4. The van der Waals surface area contributed by atoms with Crippen molar-refractivity contribution in [2.75, 3.05) is 11.9 Å². The van der Waals surface area contributed by atoms with Gasteiger partial charge in [0.15, 0.2) is 0 Å². The van der Waals surface area contributed by atoms with E-state index in [2.05, 4.69) is 10.0 Å². The molecule has 4 saturated carbocycles. The molecule has 0 unspecified atom stereocenters. The highest BCUT2D eigenvalue weighted by Gasteiger charge is 2.48. The number of nitrogens with one attached hydrogen (secondary N) is 2. The Labute approximate surface area is 153 Å². The largest absolute Gasteiger partial charge is 0.376 e. The minimum atomic E-state index is -3.71. The van der Waals surface area contributed by atoms with Crippen molar-refractivity contribution in [2.45, 2.75) is 50.0 Å². The van der Waals surface area contributed by atoms with E-state index in [1.165, 1.54) is 38.2 Å². The predicted molar refractivity (Wildman–Crippen MR) is 98.4 cm³/mol. The van der Waals surface area contributed by atoms with Crippen molar-refractivity contribution < 1.29 is 13.3 Å². The number of hydrogen-bond donors (Lipinski definition) is 2. The van der Waals surface area contributed by atoms with Crippen LogP contribution in [0.3, 0.4) is 0 Å². The second-order valence-electron chi connectivity index (χ2n) is 8.04. The number of anilines is 1. The summed E-state index contributed by atoms with van der Waals surface area (Å²) < 4.78 is 26.7. The topological polar surface area (TPSA) is 101 Å². The minimum absolute atomic E-state index is 0.0679. The molecule has 1 aromatic rings. The smallest absolute Gasteiger partial charge is 0.293 e. The monoisotopic (exact) mass is 379 g/mol. The Hall–Kier alpha value is -1.67. The van der Waals surface area contributed by atoms with Crippen molar-refractivity contribution in [3.8, 4) is 0 Å². The van der Waals surface area contributed by atoms with Crippen LogP contribution in [-0.2, 0) is 10.0 Å². The predicted octanol–water partition coefficient (Wildman–Crippen LogP) is 3.13. The summed E-state index contributed by atoms with van der Waals surface area (Å²) >= 11 is 0. The van der Waals surface area contributed by atoms with E-state index in [4.69, 9.17) is 0 Å². The van der Waals surface area contributed by atoms with Gasteiger partial charge in [-0.2, -0.15) is 0 Å². The molecule has 4 aliphatic rings. The molecule has 26 heavy (non-hydrogen) atoms. The van der Waals surface area contributed by atoms with Crippen molar-refractivity contribution in [1.29, 1.82) is 0 Å². The van der Waals surface area contributed by atoms with Crippen LogP contribution in [0.4, 0.5) is 11.4 Å². The zero-order valence-electron chi connectivity index (χ0n) is 14.8. The van der Waals surface area contributed by atoms with Crippen LogP contribution in [0, 0.1) is 33.8 Å². The molecule has 1 aromatic carbocycles. The molecule has 4 fully saturated rings. The van der Waals surface area contributed by atoms with E-state index in [1.54, 1.807) is 13.0 Å². The molecular weight excluding hydrogens is 354 g/mol. The summed E-state index contributed by atoms with van der Waals surface area (Å²) in [6.07, 6.45) is 6.21. The molecule has 0 saturated heterocycles. The van der Waals surface area contributed by atoms with Crippen LogP contribution in [-0.4, -0.2) is 25.9 Å². The lowest BCUT2D eigenvalue weighted by atomic mass is 9.54. The number of benzene rings is 1. The van der Waals surface area contributed by atoms with Gasteiger partial charge in [-0.3, -0.25) is 10.1 Å². The molecule has 7 nitrogen and oxygen atoms in total. The summed E-state index contributed by atoms with van der Waals surface area (Å²) in [7, 11) is -3.71. The maximum absolute atomic E-state index is 12.2. The van der Waals surface area contributed by atoms with Gasteiger partial charge in [-0.05, 0) is 67.9 Å². The quantitative estimate of drug-likeness (QED) is 0.584. The Morgan fingerprint density at radius 1 is 1.12 bits per heavy atom. The fraction of sp³-hybridized carbons (Fsp3) is 0.667. The molecule has 4 aliphatic carbocycles. The fourth-order valence-corrected chi connectivity index (χ4v) is 6.63. The molecular formula is C18H25N3O4S. The lowest BCUT2D eigenvalue weighted by molar-refractivity contribution is -0.384. The van der Waals surface area contributed by atoms with E-state index < -0.39 is 14.9 Å². The van der Waals surface area contributed by atoms with Crippen molar-refractivity contribution in [2.24, 2.45) is 23.7 Å². The van der Waals surface area contributed by atoms with Crippen molar-refractivity contribution in [1.82, 2.24) is 4.72 Å². The zero-order chi connectivity index (χ0) is 18.5. The minimum Gasteiger partial charge on any atom is -0.376 e. The Morgan fingerprint density at radius 2 is 1.73 bits per heavy atom. The molecule has 0 heterocycles. The second kappa shape index (κ2) is 6.49. The van der Waals surface area contributed by atoms with Gasteiger partial charge in [0.1, 0.15) is 5.69 Å². The van der Waals surface area contributed by atoms with E-state index in [0.29, 0.717) is 17.5 Å². The highest BCUT2D eigenvalue weighted by atomic mass is 32.2. The van der Waals surface area contributed by atoms with Crippen molar-refractivity contribution >= 4 is 21.4 Å². The Kier molecular flexibility index (Phi) is 4.43. The molecule has 5 rings (SSSR count). The number of nitro groups is 1. The summed E-state index contributed by atoms with van der Waals surface area (Å²) in [5.74, 6) is 2.82. The average molecular weight is 379 g/mol. The van der Waals surface area contributed by atoms with Crippen LogP contribution in [0.15, 0.2) is 23.1 Å². The first-order valence-corrected chi connectivity index (χ1v) is 10.9. The van der Waals surface area contributed by atoms with Gasteiger partial charge in [0.25, 0.3) is 5.69 Å². The maximum atomic E-state index is 12.2. The summed E-state index contributed by atoms with van der Waals surface area (Å²) in [4.78, 5) is 11.0. The third kappa shape index (κ3) is 3.09. The summed E-state index contributed by atoms with van der Waals surface area (Å²) in [5.41, 5.74) is 0.265. The van der Waals surface area contributed by atoms with Gasteiger partial charge in [0.05, 0.1) is 9.82 Å². The number of nitrogens with zero attached hydrogens (tertiary/aromatic N) is 1. The first-order valence-electron chi connectivity index (χ1n) is 9.42. The van der Waals surface area contributed by atoms with Crippen LogP contribution in [0.1, 0.15) is 39.0 Å². The van der Waals surface area contributed by atoms with Gasteiger partial charge in [-0.1, -0.05) is 6.92 Å². The Morgan fingerprint density at radius 3 is 2.27 bits per heavy atom. The number of nitro benzene ring substituents is 1. The summed E-state index contributed by atoms with van der Waals surface area (Å²) in [6.45, 7) is 1.91. The maximum Gasteiger partial charge on any atom is 0.293 e. The average Bonchev–Trinajstić information content (AvgIpc) is 2.57. The molecule has 0 amide bonds. The fourth-order valence-electron chi connectivity index (χ4n) is 5.57. The zero-order valence-corrected chi connectivity index (χ0v) is 15.7. The van der Waals surface area contributed by atoms with Gasteiger partial charge in [-0.25, -0.2) is 13.1 Å². The first kappa shape index (κ1) is 17.7. The standard InChI is InChI=1S/C18H25N3O4S/c1-2-19-26(24,25)15-3-4-16(17(10-15)21(22)23)20-18-13-6-11-5-12(8-13)9-14(18)7-11/h3-4,10-14,18-20H,2,5-9H2,1H3. The normalized spacial score (nSPS) is 32.6. The van der Waals surface area contributed by atoms with Gasteiger partial charge in [-0.15, -0.1) is 0 Å². The molecule has 142 valence electrons. The number of hydrogen-bond acceptors (Lipinski definition) is 5. The molecule has 0 aromatic heterocycles. The Balaban J connectivity index is 1.61. The van der Waals surface area contributed by atoms with Gasteiger partial charge < -0.3 is 5.32 Å². The Bertz CT molecular complexity index is 796. The van der Waals surface area contributed by atoms with Crippen LogP contribution in [0.2, 0.25) is 0 Å². The highest BCUT2D eigenvalue weighted by molar-refractivity contribution is 7.89. The molecule has 0 spiro atoms. The van der Waals surface area contributed by atoms with Crippen LogP contribution in [0.5, 0.6) is 0 Å². The summed E-state index contributed by atoms with van der Waals surface area (Å²) in [6, 6.07) is 4.42. The van der Waals surface area contributed by atoms with E-state index in [1.807, 2.05) is 0 Å². The van der Waals surface area contributed by atoms with Gasteiger partial charge in [0.2, 0.25) is 10.0 Å². The van der Waals surface area contributed by atoms with Crippen LogP contribution in [0.25, 0.3) is 0 Å². The number of sulfonamides is 1. The third-order valence-corrected chi connectivity index (χ3v) is 7.90. The second-order valence-corrected chi connectivity index (χ2v) is 9.81. The molecule has 0 atom stereocenters. The van der Waals surface area contributed by atoms with Gasteiger partial charge in [0, 0.05) is 18.7 Å². The van der Waals surface area contributed by atoms with E-state index >= 15 is 0 Å². The lowest BCUT2D eigenvalue weighted by Crippen LogP contribution is -2.51. The third-order valence-electron chi connectivity index (χ3n) is 6.36. The molecule has 2 N–H and O–H groups in total. The van der Waals surface area contributed by atoms with E-state index in [0.717, 1.165) is 17.9 Å². The SMILES string of the molecule is CCNS(=O)(=O)c1ccc(NC2C3CC4CC(C3)CC2C4)c([N+](=O)[O-])c1. The molecule has 0 aliphatic heterocycles. The lowest BCUT2D eigenvalue weighted by Gasteiger charge is -2.54. The van der Waals surface area contributed by atoms with Gasteiger partial charge >= 0.3 is 0 Å². The van der Waals surface area contributed by atoms with Crippen LogP contribution < -0.4 is 10.0 Å². The molecule has 8 heteroatoms. The van der Waals surface area contributed by atoms with Crippen LogP contribution >= 0.6 is 0 Å². The van der Waals surface area contributed by atoms with E-state index in [-0.39, 0.29) is 23.2 Å². The van der Waals surface area contributed by atoms with E-state index in [9.17, 15) is 18.5 Å². The number of rotatable bonds is 6. The molecule has 4 bridgehead atoms. The van der Waals surface area contributed by atoms with Crippen molar-refractivity contribution in [3.05, 3.63) is 28.3 Å².